The second-order valence-electron chi connectivity index (χ2n) is 4.89. The Morgan fingerprint density at radius 1 is 1.17 bits per heavy atom. The van der Waals surface area contributed by atoms with Gasteiger partial charge in [-0.2, -0.15) is 5.10 Å². The maximum absolute atomic E-state index is 4.23. The molecule has 6 nitrogen and oxygen atoms in total. The fourth-order valence-corrected chi connectivity index (χ4v) is 2.98. The molecule has 2 aromatic heterocycles. The molecule has 0 amide bonds. The molecule has 0 unspecified atom stereocenters. The number of hydrogen-bond donors (Lipinski definition) is 1. The Labute approximate surface area is 145 Å². The number of rotatable bonds is 6. The highest BCUT2D eigenvalue weighted by Gasteiger charge is 2.08. The highest BCUT2D eigenvalue weighted by atomic mass is 35.5. The SMILES string of the molecule is CNCc1nnc(SCc2ccc(-n3cccn3)cc2)n1C.Cl. The van der Waals surface area contributed by atoms with Gasteiger partial charge in [0.2, 0.25) is 0 Å². The van der Waals surface area contributed by atoms with Crippen LogP contribution >= 0.6 is 24.2 Å². The smallest absolute Gasteiger partial charge is 0.191 e. The first-order valence-electron chi connectivity index (χ1n) is 7.02. The normalized spacial score (nSPS) is 10.5. The van der Waals surface area contributed by atoms with Crippen molar-refractivity contribution in [2.45, 2.75) is 17.5 Å². The number of nitrogens with zero attached hydrogens (tertiary/aromatic N) is 5. The summed E-state index contributed by atoms with van der Waals surface area (Å²) in [6.45, 7) is 0.725. The first kappa shape index (κ1) is 17.5. The van der Waals surface area contributed by atoms with Crippen LogP contribution < -0.4 is 5.32 Å². The van der Waals surface area contributed by atoms with Gasteiger partial charge >= 0.3 is 0 Å². The molecule has 1 N–H and O–H groups in total. The quantitative estimate of drug-likeness (QED) is 0.692. The lowest BCUT2D eigenvalue weighted by Crippen LogP contribution is -2.10. The molecule has 3 rings (SSSR count). The molecule has 0 aliphatic rings. The Bertz CT molecular complexity index is 723. The van der Waals surface area contributed by atoms with E-state index in [1.54, 1.807) is 18.0 Å². The molecule has 0 spiro atoms. The molecule has 0 bridgehead atoms. The fourth-order valence-electron chi connectivity index (χ4n) is 2.10. The number of halogens is 1. The third kappa shape index (κ3) is 4.13. The van der Waals surface area contributed by atoms with Crippen molar-refractivity contribution in [3.8, 4) is 5.69 Å². The van der Waals surface area contributed by atoms with Crippen molar-refractivity contribution in [1.29, 1.82) is 0 Å². The van der Waals surface area contributed by atoms with Gasteiger partial charge in [-0.05, 0) is 30.8 Å². The molecule has 0 saturated heterocycles. The summed E-state index contributed by atoms with van der Waals surface area (Å²) in [5.41, 5.74) is 2.31. The average molecular weight is 351 g/mol. The predicted molar refractivity (Wildman–Crippen MR) is 94.1 cm³/mol. The lowest BCUT2D eigenvalue weighted by atomic mass is 10.2. The highest BCUT2D eigenvalue weighted by molar-refractivity contribution is 7.98. The minimum Gasteiger partial charge on any atom is -0.313 e. The molecular weight excluding hydrogens is 332 g/mol. The minimum absolute atomic E-state index is 0. The van der Waals surface area contributed by atoms with Crippen molar-refractivity contribution in [1.82, 2.24) is 29.9 Å². The van der Waals surface area contributed by atoms with Gasteiger partial charge < -0.3 is 9.88 Å². The predicted octanol–water partition coefficient (Wildman–Crippen LogP) is 2.43. The van der Waals surface area contributed by atoms with E-state index in [1.807, 2.05) is 35.6 Å². The molecule has 2 heterocycles. The highest BCUT2D eigenvalue weighted by Crippen LogP contribution is 2.21. The zero-order valence-electron chi connectivity index (χ0n) is 13.0. The third-order valence-electron chi connectivity index (χ3n) is 3.33. The summed E-state index contributed by atoms with van der Waals surface area (Å²) in [7, 11) is 3.90. The summed E-state index contributed by atoms with van der Waals surface area (Å²) < 4.78 is 3.88. The molecule has 0 saturated carbocycles. The van der Waals surface area contributed by atoms with Crippen molar-refractivity contribution in [2.75, 3.05) is 7.05 Å². The molecule has 0 aliphatic heterocycles. The Balaban J connectivity index is 0.00000192. The summed E-state index contributed by atoms with van der Waals surface area (Å²) in [6.07, 6.45) is 3.72. The van der Waals surface area contributed by atoms with E-state index in [0.717, 1.165) is 29.0 Å². The largest absolute Gasteiger partial charge is 0.313 e. The van der Waals surface area contributed by atoms with E-state index < -0.39 is 0 Å². The Morgan fingerprint density at radius 3 is 2.61 bits per heavy atom. The molecule has 122 valence electrons. The first-order valence-corrected chi connectivity index (χ1v) is 8.01. The van der Waals surface area contributed by atoms with E-state index in [-0.39, 0.29) is 12.4 Å². The Kier molecular flexibility index (Phi) is 6.20. The number of nitrogens with one attached hydrogen (secondary N) is 1. The maximum atomic E-state index is 4.23. The van der Waals surface area contributed by atoms with Gasteiger partial charge in [0.15, 0.2) is 5.16 Å². The number of thioether (sulfide) groups is 1. The third-order valence-corrected chi connectivity index (χ3v) is 4.42. The zero-order chi connectivity index (χ0) is 15.4. The van der Waals surface area contributed by atoms with E-state index in [2.05, 4.69) is 44.9 Å². The molecule has 0 radical (unpaired) electrons. The van der Waals surface area contributed by atoms with Crippen molar-refractivity contribution >= 4 is 24.2 Å². The standard InChI is InChI=1S/C15H18N6S.ClH/c1-16-10-14-18-19-15(20(14)2)22-11-12-4-6-13(7-5-12)21-9-3-8-17-21;/h3-9,16H,10-11H2,1-2H3;1H. The van der Waals surface area contributed by atoms with Gasteiger partial charge in [0.1, 0.15) is 5.82 Å². The van der Waals surface area contributed by atoms with Crippen LogP contribution in [0.3, 0.4) is 0 Å². The molecule has 0 atom stereocenters. The average Bonchev–Trinajstić information content (AvgIpc) is 3.18. The van der Waals surface area contributed by atoms with Gasteiger partial charge in [-0.15, -0.1) is 22.6 Å². The van der Waals surface area contributed by atoms with Crippen LogP contribution in [0.1, 0.15) is 11.4 Å². The van der Waals surface area contributed by atoms with E-state index in [0.29, 0.717) is 0 Å². The van der Waals surface area contributed by atoms with Crippen LogP contribution in [0, 0.1) is 0 Å². The first-order chi connectivity index (χ1) is 10.8. The van der Waals surface area contributed by atoms with Crippen molar-refractivity contribution in [3.05, 3.63) is 54.1 Å². The van der Waals surface area contributed by atoms with Crippen molar-refractivity contribution in [3.63, 3.8) is 0 Å². The molecule has 23 heavy (non-hydrogen) atoms. The molecule has 0 fully saturated rings. The van der Waals surface area contributed by atoms with E-state index >= 15 is 0 Å². The Morgan fingerprint density at radius 2 is 1.96 bits per heavy atom. The van der Waals surface area contributed by atoms with Gasteiger partial charge in [-0.25, -0.2) is 4.68 Å². The number of aromatic nitrogens is 5. The van der Waals surface area contributed by atoms with Crippen LogP contribution in [-0.4, -0.2) is 31.6 Å². The van der Waals surface area contributed by atoms with Gasteiger partial charge in [0.25, 0.3) is 0 Å². The van der Waals surface area contributed by atoms with Gasteiger partial charge in [-0.3, -0.25) is 0 Å². The van der Waals surface area contributed by atoms with E-state index in [1.165, 1.54) is 5.56 Å². The van der Waals surface area contributed by atoms with Crippen LogP contribution in [-0.2, 0) is 19.3 Å². The van der Waals surface area contributed by atoms with E-state index in [4.69, 9.17) is 0 Å². The van der Waals surface area contributed by atoms with Crippen LogP contribution in [0.15, 0.2) is 47.9 Å². The summed E-state index contributed by atoms with van der Waals surface area (Å²) >= 11 is 1.69. The second-order valence-corrected chi connectivity index (χ2v) is 5.84. The number of hydrogen-bond acceptors (Lipinski definition) is 5. The number of benzene rings is 1. The van der Waals surface area contributed by atoms with Crippen LogP contribution in [0.25, 0.3) is 5.69 Å². The molecular formula is C15H19ClN6S. The van der Waals surface area contributed by atoms with Crippen molar-refractivity contribution in [2.24, 2.45) is 7.05 Å². The summed E-state index contributed by atoms with van der Waals surface area (Å²) in [4.78, 5) is 0. The van der Waals surface area contributed by atoms with Crippen molar-refractivity contribution < 1.29 is 0 Å². The molecule has 1 aromatic carbocycles. The lowest BCUT2D eigenvalue weighted by Gasteiger charge is -2.05. The minimum atomic E-state index is 0. The molecule has 0 aliphatic carbocycles. The monoisotopic (exact) mass is 350 g/mol. The summed E-state index contributed by atoms with van der Waals surface area (Å²) in [5.74, 6) is 1.81. The second kappa shape index (κ2) is 8.14. The van der Waals surface area contributed by atoms with Crippen LogP contribution in [0.2, 0.25) is 0 Å². The topological polar surface area (TPSA) is 60.6 Å². The van der Waals surface area contributed by atoms with Gasteiger partial charge in [-0.1, -0.05) is 23.9 Å². The van der Waals surface area contributed by atoms with Gasteiger partial charge in [0.05, 0.1) is 12.2 Å². The van der Waals surface area contributed by atoms with E-state index in [9.17, 15) is 0 Å². The maximum Gasteiger partial charge on any atom is 0.191 e. The summed E-state index contributed by atoms with van der Waals surface area (Å²) in [5, 5.41) is 16.7. The molecule has 3 aromatic rings. The van der Waals surface area contributed by atoms with Crippen LogP contribution in [0.5, 0.6) is 0 Å². The van der Waals surface area contributed by atoms with Gasteiger partial charge in [0, 0.05) is 25.2 Å². The lowest BCUT2D eigenvalue weighted by molar-refractivity contribution is 0.682. The molecule has 8 heteroatoms. The fraction of sp³-hybridized carbons (Fsp3) is 0.267. The zero-order valence-corrected chi connectivity index (χ0v) is 14.6. The Hall–Kier alpha value is -1.83. The van der Waals surface area contributed by atoms with Crippen LogP contribution in [0.4, 0.5) is 0 Å². The summed E-state index contributed by atoms with van der Waals surface area (Å²) in [6, 6.07) is 10.3.